The minimum atomic E-state index is -0.284. The fraction of sp³-hybridized carbons (Fsp3) is 0.250. The van der Waals surface area contributed by atoms with Crippen molar-refractivity contribution in [1.82, 2.24) is 9.97 Å². The van der Waals surface area contributed by atoms with E-state index in [-0.39, 0.29) is 35.5 Å². The lowest BCUT2D eigenvalue weighted by molar-refractivity contribution is 0.0984. The van der Waals surface area contributed by atoms with Crippen molar-refractivity contribution in [2.75, 3.05) is 7.11 Å². The third-order valence-corrected chi connectivity index (χ3v) is 3.82. The van der Waals surface area contributed by atoms with Crippen molar-refractivity contribution in [3.8, 4) is 17.4 Å². The van der Waals surface area contributed by atoms with Crippen LogP contribution in [-0.2, 0) is 6.42 Å². The highest BCUT2D eigenvalue weighted by Gasteiger charge is 2.17. The van der Waals surface area contributed by atoms with Crippen LogP contribution in [0.1, 0.15) is 29.9 Å². The zero-order valence-electron chi connectivity index (χ0n) is 14.9. The van der Waals surface area contributed by atoms with Gasteiger partial charge in [0.2, 0.25) is 5.88 Å². The average molecular weight is 352 g/mol. The van der Waals surface area contributed by atoms with Crippen molar-refractivity contribution < 1.29 is 19.4 Å². The van der Waals surface area contributed by atoms with Crippen LogP contribution in [0.4, 0.5) is 0 Å². The van der Waals surface area contributed by atoms with Crippen LogP contribution < -0.4 is 9.47 Å². The van der Waals surface area contributed by atoms with Gasteiger partial charge in [-0.15, -0.1) is 0 Å². The molecule has 0 aliphatic carbocycles. The van der Waals surface area contributed by atoms with Crippen LogP contribution in [0, 0.1) is 0 Å². The second kappa shape index (κ2) is 7.39. The number of fused-ring (bicyclic) bond motifs is 1. The lowest BCUT2D eigenvalue weighted by Crippen LogP contribution is -2.07. The van der Waals surface area contributed by atoms with Crippen LogP contribution in [0.25, 0.3) is 10.9 Å². The highest BCUT2D eigenvalue weighted by Crippen LogP contribution is 2.28. The molecule has 26 heavy (non-hydrogen) atoms. The van der Waals surface area contributed by atoms with Crippen LogP contribution in [0.2, 0.25) is 0 Å². The lowest BCUT2D eigenvalue weighted by Gasteiger charge is -2.10. The molecule has 134 valence electrons. The van der Waals surface area contributed by atoms with Crippen molar-refractivity contribution in [2.45, 2.75) is 26.4 Å². The number of benzene rings is 1. The molecule has 1 N–H and O–H groups in total. The van der Waals surface area contributed by atoms with Gasteiger partial charge in [0.1, 0.15) is 0 Å². The maximum atomic E-state index is 12.5. The summed E-state index contributed by atoms with van der Waals surface area (Å²) in [6.07, 6.45) is 1.61. The fourth-order valence-corrected chi connectivity index (χ4v) is 2.65. The molecule has 3 rings (SSSR count). The van der Waals surface area contributed by atoms with Gasteiger partial charge in [0.25, 0.3) is 0 Å². The van der Waals surface area contributed by atoms with Gasteiger partial charge in [-0.3, -0.25) is 4.79 Å². The Balaban J connectivity index is 1.84. The van der Waals surface area contributed by atoms with E-state index in [0.29, 0.717) is 5.88 Å². The van der Waals surface area contributed by atoms with Crippen LogP contribution in [0.3, 0.4) is 0 Å². The minimum Gasteiger partial charge on any atom is -0.503 e. The van der Waals surface area contributed by atoms with Gasteiger partial charge in [-0.05, 0) is 37.6 Å². The molecule has 2 aromatic heterocycles. The molecule has 0 saturated carbocycles. The van der Waals surface area contributed by atoms with Gasteiger partial charge in [-0.1, -0.05) is 6.07 Å². The molecular formula is C20H20N2O4. The second-order valence-electron chi connectivity index (χ2n) is 6.15. The molecule has 0 bridgehead atoms. The molecule has 0 aliphatic rings. The highest BCUT2D eigenvalue weighted by atomic mass is 16.5. The highest BCUT2D eigenvalue weighted by molar-refractivity contribution is 5.99. The van der Waals surface area contributed by atoms with Gasteiger partial charge in [-0.25, -0.2) is 9.97 Å². The number of hydrogen-bond donors (Lipinski definition) is 1. The summed E-state index contributed by atoms with van der Waals surface area (Å²) in [7, 11) is 1.43. The first-order valence-corrected chi connectivity index (χ1v) is 8.29. The molecule has 6 nitrogen and oxygen atoms in total. The fourth-order valence-electron chi connectivity index (χ4n) is 2.65. The Bertz CT molecular complexity index is 954. The zero-order chi connectivity index (χ0) is 18.7. The number of methoxy groups -OCH3 is 1. The van der Waals surface area contributed by atoms with E-state index < -0.39 is 0 Å². The van der Waals surface area contributed by atoms with E-state index in [1.54, 1.807) is 0 Å². The lowest BCUT2D eigenvalue weighted by atomic mass is 10.0. The predicted molar refractivity (Wildman–Crippen MR) is 98.0 cm³/mol. The van der Waals surface area contributed by atoms with Gasteiger partial charge < -0.3 is 14.6 Å². The first-order chi connectivity index (χ1) is 12.5. The van der Waals surface area contributed by atoms with Gasteiger partial charge >= 0.3 is 0 Å². The number of ketones is 1. The van der Waals surface area contributed by atoms with E-state index in [1.165, 1.54) is 19.4 Å². The average Bonchev–Trinajstić information content (AvgIpc) is 2.61. The summed E-state index contributed by atoms with van der Waals surface area (Å²) in [5, 5.41) is 11.0. The molecular weight excluding hydrogens is 332 g/mol. The largest absolute Gasteiger partial charge is 0.503 e. The number of aromatic hydroxyl groups is 1. The number of hydrogen-bond acceptors (Lipinski definition) is 6. The molecule has 3 aromatic rings. The number of carbonyl (C=O) groups excluding carboxylic acids is 1. The van der Waals surface area contributed by atoms with E-state index in [2.05, 4.69) is 9.97 Å². The smallest absolute Gasteiger partial charge is 0.214 e. The van der Waals surface area contributed by atoms with E-state index in [4.69, 9.17) is 9.47 Å². The third kappa shape index (κ3) is 3.74. The number of nitrogens with zero attached hydrogens (tertiary/aromatic N) is 2. The van der Waals surface area contributed by atoms with E-state index in [9.17, 15) is 9.90 Å². The maximum Gasteiger partial charge on any atom is 0.214 e. The van der Waals surface area contributed by atoms with Crippen LogP contribution >= 0.6 is 0 Å². The molecule has 0 fully saturated rings. The van der Waals surface area contributed by atoms with E-state index in [1.807, 2.05) is 44.2 Å². The second-order valence-corrected chi connectivity index (χ2v) is 6.15. The number of Topliss-reactive ketones (excluding diaryl/α,β-unsaturated/α-hetero) is 1. The normalized spacial score (nSPS) is 10.9. The summed E-state index contributed by atoms with van der Waals surface area (Å²) < 4.78 is 10.6. The molecule has 0 aliphatic heterocycles. The van der Waals surface area contributed by atoms with Gasteiger partial charge in [0.05, 0.1) is 18.7 Å². The van der Waals surface area contributed by atoms with Crippen LogP contribution in [0.5, 0.6) is 17.4 Å². The van der Waals surface area contributed by atoms with Crippen molar-refractivity contribution in [1.29, 1.82) is 0 Å². The number of rotatable bonds is 6. The number of carbonyl (C=O) groups is 1. The summed E-state index contributed by atoms with van der Waals surface area (Å²) in [6, 6.07) is 10.8. The summed E-state index contributed by atoms with van der Waals surface area (Å²) in [4.78, 5) is 20.9. The van der Waals surface area contributed by atoms with Crippen LogP contribution in [-0.4, -0.2) is 34.1 Å². The quantitative estimate of drug-likeness (QED) is 0.683. The summed E-state index contributed by atoms with van der Waals surface area (Å²) in [5.74, 6) is 0.275. The zero-order valence-corrected chi connectivity index (χ0v) is 14.9. The minimum absolute atomic E-state index is 0.00301. The standard InChI is InChI=1S/C20H20N2O4/c1-12(2)26-18-7-5-14-10-13(4-6-15(14)22-18)11-16(23)19-20(24)17(25-3)8-9-21-19/h4-10,12,24H,11H2,1-3H3. The summed E-state index contributed by atoms with van der Waals surface area (Å²) >= 11 is 0. The SMILES string of the molecule is COc1ccnc(C(=O)Cc2ccc3nc(OC(C)C)ccc3c2)c1O. The topological polar surface area (TPSA) is 81.5 Å². The molecule has 0 saturated heterocycles. The molecule has 0 unspecified atom stereocenters. The van der Waals surface area contributed by atoms with Crippen molar-refractivity contribution in [3.63, 3.8) is 0 Å². The summed E-state index contributed by atoms with van der Waals surface area (Å²) in [6.45, 7) is 3.89. The Morgan fingerprint density at radius 3 is 2.73 bits per heavy atom. The third-order valence-electron chi connectivity index (χ3n) is 3.82. The molecule has 0 atom stereocenters. The van der Waals surface area contributed by atoms with Gasteiger partial charge in [0, 0.05) is 30.1 Å². The Hall–Kier alpha value is -3.15. The van der Waals surface area contributed by atoms with Crippen molar-refractivity contribution in [3.05, 3.63) is 53.9 Å². The first-order valence-electron chi connectivity index (χ1n) is 8.29. The van der Waals surface area contributed by atoms with Crippen molar-refractivity contribution in [2.24, 2.45) is 0 Å². The molecule has 1 aromatic carbocycles. The number of ether oxygens (including phenoxy) is 2. The van der Waals surface area contributed by atoms with E-state index in [0.717, 1.165) is 16.5 Å². The Labute approximate surface area is 151 Å². The maximum absolute atomic E-state index is 12.5. The Morgan fingerprint density at radius 1 is 1.19 bits per heavy atom. The van der Waals surface area contributed by atoms with Gasteiger partial charge in [-0.2, -0.15) is 0 Å². The monoisotopic (exact) mass is 352 g/mol. The molecule has 0 amide bonds. The van der Waals surface area contributed by atoms with Crippen LogP contribution in [0.15, 0.2) is 42.6 Å². The van der Waals surface area contributed by atoms with E-state index >= 15 is 0 Å². The number of pyridine rings is 2. The summed E-state index contributed by atoms with van der Waals surface area (Å²) in [5.41, 5.74) is 1.61. The molecule has 2 heterocycles. The number of aromatic nitrogens is 2. The predicted octanol–water partition coefficient (Wildman–Crippen LogP) is 3.56. The van der Waals surface area contributed by atoms with Gasteiger partial charge in [0.15, 0.2) is 23.0 Å². The Morgan fingerprint density at radius 2 is 2.00 bits per heavy atom. The Kier molecular flexibility index (Phi) is 5.02. The molecule has 0 spiro atoms. The first kappa shape index (κ1) is 17.7. The molecule has 0 radical (unpaired) electrons. The van der Waals surface area contributed by atoms with Crippen molar-refractivity contribution >= 4 is 16.7 Å². The molecule has 6 heteroatoms.